The summed E-state index contributed by atoms with van der Waals surface area (Å²) < 4.78 is 10.8. The van der Waals surface area contributed by atoms with Gasteiger partial charge in [-0.1, -0.05) is 18.2 Å². The first kappa shape index (κ1) is 19.0. The average molecular weight is 427 g/mol. The molecule has 7 heteroatoms. The molecule has 5 nitrogen and oxygen atoms in total. The van der Waals surface area contributed by atoms with Crippen molar-refractivity contribution in [3.8, 4) is 16.5 Å². The maximum Gasteiger partial charge on any atom is 0.199 e. The summed E-state index contributed by atoms with van der Waals surface area (Å²) in [5.74, 6) is 1.97. The molecule has 3 aromatic rings. The van der Waals surface area contributed by atoms with Crippen LogP contribution in [0.3, 0.4) is 0 Å². The number of ether oxygens (including phenoxy) is 1. The maximum atomic E-state index is 5.86. The molecule has 1 saturated carbocycles. The van der Waals surface area contributed by atoms with E-state index in [1.807, 2.05) is 11.6 Å². The summed E-state index contributed by atoms with van der Waals surface area (Å²) in [4.78, 5) is 3.71. The van der Waals surface area contributed by atoms with Crippen LogP contribution >= 0.6 is 23.6 Å². The molecule has 0 bridgehead atoms. The summed E-state index contributed by atoms with van der Waals surface area (Å²) in [6.07, 6.45) is 4.78. The fourth-order valence-electron chi connectivity index (χ4n) is 4.25. The zero-order valence-corrected chi connectivity index (χ0v) is 18.3. The lowest BCUT2D eigenvalue weighted by Gasteiger charge is -2.24. The molecule has 0 N–H and O–H groups in total. The van der Waals surface area contributed by atoms with Crippen LogP contribution in [0, 0.1) is 4.77 Å². The summed E-state index contributed by atoms with van der Waals surface area (Å²) in [5, 5.41) is 7.08. The molecular weight excluding hydrogens is 400 g/mol. The van der Waals surface area contributed by atoms with Crippen molar-refractivity contribution in [3.63, 3.8) is 0 Å². The molecule has 0 spiro atoms. The molecule has 152 valence electrons. The Morgan fingerprint density at radius 2 is 2.00 bits per heavy atom. The summed E-state index contributed by atoms with van der Waals surface area (Å²) in [6, 6.07) is 13.7. The van der Waals surface area contributed by atoms with E-state index in [2.05, 4.69) is 51.2 Å². The minimum absolute atomic E-state index is 0.406. The Morgan fingerprint density at radius 3 is 2.69 bits per heavy atom. The lowest BCUT2D eigenvalue weighted by molar-refractivity contribution is 0.189. The molecule has 5 rings (SSSR count). The Bertz CT molecular complexity index is 1020. The van der Waals surface area contributed by atoms with Crippen LogP contribution in [-0.2, 0) is 6.67 Å². The largest absolute Gasteiger partial charge is 0.494 e. The second-order valence-electron chi connectivity index (χ2n) is 7.80. The van der Waals surface area contributed by atoms with Crippen LogP contribution in [0.5, 0.6) is 5.75 Å². The molecule has 1 aliphatic carbocycles. The first-order chi connectivity index (χ1) is 14.2. The molecule has 29 heavy (non-hydrogen) atoms. The molecule has 1 atom stereocenters. The summed E-state index contributed by atoms with van der Waals surface area (Å²) in [6.45, 7) is 4.53. The standard InChI is InChI=1S/C22H26N4OS2/c1-2-27-18-11-7-16(8-12-18)19-5-3-13-24(19)15-25-22(28)26(17-9-10-17)21(23-25)20-6-4-14-29-20/h4,6-8,11-12,14,17,19H,2-3,5,9-10,13,15H2,1H3. The molecule has 2 aromatic heterocycles. The number of hydrogen-bond donors (Lipinski definition) is 0. The van der Waals surface area contributed by atoms with Crippen molar-refractivity contribution in [1.29, 1.82) is 0 Å². The quantitative estimate of drug-likeness (QED) is 0.456. The number of nitrogens with zero attached hydrogens (tertiary/aromatic N) is 4. The van der Waals surface area contributed by atoms with Gasteiger partial charge in [-0.3, -0.25) is 9.47 Å². The monoisotopic (exact) mass is 426 g/mol. The van der Waals surface area contributed by atoms with Crippen molar-refractivity contribution in [2.75, 3.05) is 13.2 Å². The highest BCUT2D eigenvalue weighted by molar-refractivity contribution is 7.71. The van der Waals surface area contributed by atoms with Gasteiger partial charge in [-0.05, 0) is 74.0 Å². The molecule has 1 aliphatic heterocycles. The molecule has 1 unspecified atom stereocenters. The van der Waals surface area contributed by atoms with Gasteiger partial charge in [0.1, 0.15) is 5.75 Å². The average Bonchev–Trinajstić information content (AvgIpc) is 3.13. The van der Waals surface area contributed by atoms with Crippen molar-refractivity contribution >= 4 is 23.6 Å². The zero-order valence-electron chi connectivity index (χ0n) is 16.7. The Morgan fingerprint density at radius 1 is 1.17 bits per heavy atom. The molecule has 2 fully saturated rings. The third-order valence-electron chi connectivity index (χ3n) is 5.78. The molecule has 0 radical (unpaired) electrons. The van der Waals surface area contributed by atoms with Crippen LogP contribution in [0.2, 0.25) is 0 Å². The molecule has 0 amide bonds. The Kier molecular flexibility index (Phi) is 5.28. The molecule has 3 heterocycles. The number of hydrogen-bond acceptors (Lipinski definition) is 5. The van der Waals surface area contributed by atoms with E-state index >= 15 is 0 Å². The summed E-state index contributed by atoms with van der Waals surface area (Å²) in [7, 11) is 0. The minimum atomic E-state index is 0.406. The van der Waals surface area contributed by atoms with Crippen LogP contribution in [0.4, 0.5) is 0 Å². The van der Waals surface area contributed by atoms with Crippen molar-refractivity contribution in [3.05, 3.63) is 52.1 Å². The van der Waals surface area contributed by atoms with Gasteiger partial charge in [0.25, 0.3) is 0 Å². The number of rotatable bonds is 7. The lowest BCUT2D eigenvalue weighted by Crippen LogP contribution is -2.27. The smallest absolute Gasteiger partial charge is 0.199 e. The molecule has 2 aliphatic rings. The van der Waals surface area contributed by atoms with E-state index in [9.17, 15) is 0 Å². The first-order valence-electron chi connectivity index (χ1n) is 10.4. The van der Waals surface area contributed by atoms with E-state index in [0.717, 1.165) is 29.6 Å². The van der Waals surface area contributed by atoms with Gasteiger partial charge in [-0.2, -0.15) is 0 Å². The number of likely N-dealkylation sites (tertiary alicyclic amines) is 1. The Labute approximate surface area is 180 Å². The molecule has 1 saturated heterocycles. The van der Waals surface area contributed by atoms with E-state index in [-0.39, 0.29) is 0 Å². The second-order valence-corrected chi connectivity index (χ2v) is 9.11. The van der Waals surface area contributed by atoms with Crippen molar-refractivity contribution < 1.29 is 4.74 Å². The van der Waals surface area contributed by atoms with Gasteiger partial charge in [-0.25, -0.2) is 4.68 Å². The third kappa shape index (κ3) is 3.79. The van der Waals surface area contributed by atoms with E-state index < -0.39 is 0 Å². The second kappa shape index (κ2) is 8.05. The van der Waals surface area contributed by atoms with Crippen LogP contribution in [0.25, 0.3) is 10.7 Å². The van der Waals surface area contributed by atoms with Crippen molar-refractivity contribution in [2.24, 2.45) is 0 Å². The van der Waals surface area contributed by atoms with Crippen LogP contribution in [0.1, 0.15) is 50.3 Å². The van der Waals surface area contributed by atoms with Gasteiger partial charge >= 0.3 is 0 Å². The maximum absolute atomic E-state index is 5.86. The van der Waals surface area contributed by atoms with E-state index in [1.165, 1.54) is 36.1 Å². The highest BCUT2D eigenvalue weighted by Gasteiger charge is 2.31. The van der Waals surface area contributed by atoms with Crippen LogP contribution < -0.4 is 4.74 Å². The van der Waals surface area contributed by atoms with E-state index in [0.29, 0.717) is 18.7 Å². The van der Waals surface area contributed by atoms with Gasteiger partial charge in [0.05, 0.1) is 18.2 Å². The van der Waals surface area contributed by atoms with Gasteiger partial charge in [0, 0.05) is 18.6 Å². The first-order valence-corrected chi connectivity index (χ1v) is 11.7. The van der Waals surface area contributed by atoms with Gasteiger partial charge in [-0.15, -0.1) is 16.4 Å². The number of thiophene rings is 1. The minimum Gasteiger partial charge on any atom is -0.494 e. The Hall–Kier alpha value is -1.96. The zero-order chi connectivity index (χ0) is 19.8. The number of benzene rings is 1. The summed E-state index contributed by atoms with van der Waals surface area (Å²) >= 11 is 7.60. The van der Waals surface area contributed by atoms with E-state index in [1.54, 1.807) is 11.3 Å². The van der Waals surface area contributed by atoms with Crippen LogP contribution in [0.15, 0.2) is 41.8 Å². The normalized spacial score (nSPS) is 19.7. The van der Waals surface area contributed by atoms with Gasteiger partial charge in [0.2, 0.25) is 0 Å². The highest BCUT2D eigenvalue weighted by Crippen LogP contribution is 2.40. The van der Waals surface area contributed by atoms with Crippen molar-refractivity contribution in [1.82, 2.24) is 19.2 Å². The van der Waals surface area contributed by atoms with Gasteiger partial charge < -0.3 is 4.74 Å². The topological polar surface area (TPSA) is 35.2 Å². The fourth-order valence-corrected chi connectivity index (χ4v) is 5.29. The Balaban J connectivity index is 1.41. The third-order valence-corrected chi connectivity index (χ3v) is 7.05. The van der Waals surface area contributed by atoms with Crippen LogP contribution in [-0.4, -0.2) is 32.4 Å². The summed E-state index contributed by atoms with van der Waals surface area (Å²) in [5.41, 5.74) is 1.34. The predicted octanol–water partition coefficient (Wildman–Crippen LogP) is 5.67. The number of aromatic nitrogens is 3. The lowest BCUT2D eigenvalue weighted by atomic mass is 10.0. The SMILES string of the molecule is CCOc1ccc(C2CCCN2Cn2nc(-c3cccs3)n(C3CC3)c2=S)cc1. The highest BCUT2D eigenvalue weighted by atomic mass is 32.1. The molecule has 1 aromatic carbocycles. The van der Waals surface area contributed by atoms with Crippen molar-refractivity contribution in [2.45, 2.75) is 51.4 Å². The molecular formula is C22H26N4OS2. The predicted molar refractivity (Wildman–Crippen MR) is 119 cm³/mol. The van der Waals surface area contributed by atoms with E-state index in [4.69, 9.17) is 22.1 Å². The fraction of sp³-hybridized carbons (Fsp3) is 0.455. The van der Waals surface area contributed by atoms with Gasteiger partial charge in [0.15, 0.2) is 10.6 Å².